The van der Waals surface area contributed by atoms with Gasteiger partial charge in [-0.3, -0.25) is 24.8 Å². The molecule has 188 valence electrons. The standard InChI is InChI=1S/C27H20F2N8O/c1-2-4-21(38)33-17-8-15(9-30-10-17)24-23(29)22-19(13-32-24)36-37-26(22)27-34-20-12-31-11-18(25(20)35-27)14-5-3-6-16(28)7-14/h3,5-13H,2,4H2,1H3,(H,33,38)(H,34,35)(H,36,37). The number of amides is 1. The first kappa shape index (κ1) is 23.3. The first-order valence-corrected chi connectivity index (χ1v) is 11.9. The van der Waals surface area contributed by atoms with E-state index in [1.807, 2.05) is 6.92 Å². The number of aromatic amines is 2. The van der Waals surface area contributed by atoms with Gasteiger partial charge in [-0.15, -0.1) is 0 Å². The van der Waals surface area contributed by atoms with Crippen molar-refractivity contribution >= 4 is 33.5 Å². The number of carbonyl (C=O) groups is 1. The van der Waals surface area contributed by atoms with Gasteiger partial charge in [0.2, 0.25) is 5.91 Å². The van der Waals surface area contributed by atoms with Crippen molar-refractivity contribution in [2.24, 2.45) is 0 Å². The zero-order chi connectivity index (χ0) is 26.2. The highest BCUT2D eigenvalue weighted by molar-refractivity contribution is 5.98. The first-order chi connectivity index (χ1) is 18.5. The lowest BCUT2D eigenvalue weighted by Crippen LogP contribution is -2.10. The van der Waals surface area contributed by atoms with Crippen LogP contribution in [-0.4, -0.2) is 41.0 Å². The third-order valence-corrected chi connectivity index (χ3v) is 6.07. The molecule has 0 saturated heterocycles. The predicted octanol–water partition coefficient (Wildman–Crippen LogP) is 5.64. The number of fused-ring (bicyclic) bond motifs is 2. The molecule has 6 aromatic rings. The van der Waals surface area contributed by atoms with Gasteiger partial charge in [0, 0.05) is 29.9 Å². The second-order valence-electron chi connectivity index (χ2n) is 8.72. The highest BCUT2D eigenvalue weighted by Crippen LogP contribution is 2.34. The number of H-pyrrole nitrogens is 2. The molecule has 0 bridgehead atoms. The second-order valence-corrected chi connectivity index (χ2v) is 8.72. The van der Waals surface area contributed by atoms with Gasteiger partial charge in [0.05, 0.1) is 46.2 Å². The van der Waals surface area contributed by atoms with Crippen molar-refractivity contribution in [1.29, 1.82) is 0 Å². The fourth-order valence-corrected chi connectivity index (χ4v) is 4.35. The lowest BCUT2D eigenvalue weighted by molar-refractivity contribution is -0.116. The van der Waals surface area contributed by atoms with Crippen LogP contribution in [0.25, 0.3) is 55.8 Å². The molecule has 3 N–H and O–H groups in total. The summed E-state index contributed by atoms with van der Waals surface area (Å²) in [7, 11) is 0. The van der Waals surface area contributed by atoms with E-state index in [-0.39, 0.29) is 28.5 Å². The van der Waals surface area contributed by atoms with Crippen LogP contribution >= 0.6 is 0 Å². The summed E-state index contributed by atoms with van der Waals surface area (Å²) in [5.74, 6) is -0.829. The number of carbonyl (C=O) groups excluding carboxylic acids is 1. The van der Waals surface area contributed by atoms with Crippen LogP contribution in [0.5, 0.6) is 0 Å². The molecular formula is C27H20F2N8O. The SMILES string of the molecule is CCCC(=O)Nc1cncc(-c2ncc3[nH]nc(-c4nc5c(-c6cccc(F)c6)cncc5[nH]4)c3c2F)c1. The van der Waals surface area contributed by atoms with Crippen LogP contribution in [0, 0.1) is 11.6 Å². The number of nitrogens with one attached hydrogen (secondary N) is 3. The van der Waals surface area contributed by atoms with Crippen LogP contribution < -0.4 is 5.32 Å². The summed E-state index contributed by atoms with van der Waals surface area (Å²) in [6, 6.07) is 7.76. The van der Waals surface area contributed by atoms with E-state index in [4.69, 9.17) is 0 Å². The molecule has 0 aliphatic carbocycles. The average molecular weight is 511 g/mol. The van der Waals surface area contributed by atoms with Gasteiger partial charge in [-0.1, -0.05) is 19.1 Å². The van der Waals surface area contributed by atoms with E-state index in [2.05, 4.69) is 40.4 Å². The minimum absolute atomic E-state index is 0.0532. The highest BCUT2D eigenvalue weighted by atomic mass is 19.1. The third-order valence-electron chi connectivity index (χ3n) is 6.07. The maximum Gasteiger partial charge on any atom is 0.224 e. The summed E-state index contributed by atoms with van der Waals surface area (Å²) < 4.78 is 29.8. The Kier molecular flexibility index (Phi) is 5.79. The smallest absolute Gasteiger partial charge is 0.224 e. The van der Waals surface area contributed by atoms with Crippen LogP contribution in [0.1, 0.15) is 19.8 Å². The number of hydrogen-bond donors (Lipinski definition) is 3. The van der Waals surface area contributed by atoms with E-state index in [9.17, 15) is 9.18 Å². The van der Waals surface area contributed by atoms with Crippen LogP contribution in [0.3, 0.4) is 0 Å². The van der Waals surface area contributed by atoms with Gasteiger partial charge in [0.1, 0.15) is 17.2 Å². The molecule has 5 heterocycles. The van der Waals surface area contributed by atoms with E-state index >= 15 is 4.39 Å². The van der Waals surface area contributed by atoms with Crippen LogP contribution in [0.2, 0.25) is 0 Å². The van der Waals surface area contributed by atoms with Gasteiger partial charge in [0.15, 0.2) is 11.6 Å². The van der Waals surface area contributed by atoms with Crippen molar-refractivity contribution in [2.75, 3.05) is 5.32 Å². The molecule has 1 amide bonds. The Labute approximate surface area is 214 Å². The van der Waals surface area contributed by atoms with Crippen molar-refractivity contribution in [2.45, 2.75) is 19.8 Å². The van der Waals surface area contributed by atoms with Gasteiger partial charge in [-0.2, -0.15) is 5.10 Å². The summed E-state index contributed by atoms with van der Waals surface area (Å²) in [6.45, 7) is 1.91. The number of rotatable bonds is 6. The van der Waals surface area contributed by atoms with Gasteiger partial charge in [-0.25, -0.2) is 13.8 Å². The molecule has 1 aromatic carbocycles. The molecule has 0 aliphatic rings. The molecule has 11 heteroatoms. The molecule has 6 rings (SSSR count). The molecule has 0 atom stereocenters. The maximum atomic E-state index is 16.0. The lowest BCUT2D eigenvalue weighted by Gasteiger charge is -2.07. The first-order valence-electron chi connectivity index (χ1n) is 11.9. The zero-order valence-corrected chi connectivity index (χ0v) is 20.1. The molecule has 0 fully saturated rings. The van der Waals surface area contributed by atoms with Crippen LogP contribution in [0.4, 0.5) is 14.5 Å². The van der Waals surface area contributed by atoms with E-state index in [1.54, 1.807) is 30.6 Å². The fraction of sp³-hybridized carbons (Fsp3) is 0.111. The summed E-state index contributed by atoms with van der Waals surface area (Å²) in [4.78, 5) is 32.5. The zero-order valence-electron chi connectivity index (χ0n) is 20.1. The molecule has 9 nitrogen and oxygen atoms in total. The summed E-state index contributed by atoms with van der Waals surface area (Å²) >= 11 is 0. The van der Waals surface area contributed by atoms with Gasteiger partial charge in [0.25, 0.3) is 0 Å². The largest absolute Gasteiger partial charge is 0.335 e. The lowest BCUT2D eigenvalue weighted by atomic mass is 10.1. The molecule has 0 aliphatic heterocycles. The molecule has 0 radical (unpaired) electrons. The molecular weight excluding hydrogens is 490 g/mol. The molecule has 0 spiro atoms. The number of aromatic nitrogens is 7. The normalized spacial score (nSPS) is 11.3. The Morgan fingerprint density at radius 2 is 1.84 bits per heavy atom. The summed E-state index contributed by atoms with van der Waals surface area (Å²) in [6.07, 6.45) is 8.73. The Morgan fingerprint density at radius 1 is 0.974 bits per heavy atom. The van der Waals surface area contributed by atoms with E-state index in [0.29, 0.717) is 57.6 Å². The minimum atomic E-state index is -0.617. The quantitative estimate of drug-likeness (QED) is 0.266. The second kappa shape index (κ2) is 9.43. The average Bonchev–Trinajstić information content (AvgIpc) is 3.54. The maximum absolute atomic E-state index is 16.0. The predicted molar refractivity (Wildman–Crippen MR) is 139 cm³/mol. The Morgan fingerprint density at radius 3 is 2.68 bits per heavy atom. The number of nitrogens with zero attached hydrogens (tertiary/aromatic N) is 5. The monoisotopic (exact) mass is 510 g/mol. The van der Waals surface area contributed by atoms with Crippen LogP contribution in [-0.2, 0) is 4.79 Å². The highest BCUT2D eigenvalue weighted by Gasteiger charge is 2.21. The number of anilines is 1. The summed E-state index contributed by atoms with van der Waals surface area (Å²) in [5, 5.41) is 10.1. The van der Waals surface area contributed by atoms with Gasteiger partial charge < -0.3 is 10.3 Å². The van der Waals surface area contributed by atoms with E-state index < -0.39 is 5.82 Å². The van der Waals surface area contributed by atoms with E-state index in [1.165, 1.54) is 30.7 Å². The third kappa shape index (κ3) is 4.13. The van der Waals surface area contributed by atoms with E-state index in [0.717, 1.165) is 0 Å². The number of halogens is 2. The molecule has 0 unspecified atom stereocenters. The molecule has 38 heavy (non-hydrogen) atoms. The Bertz CT molecular complexity index is 1830. The number of imidazole rings is 1. The number of pyridine rings is 3. The molecule has 0 saturated carbocycles. The van der Waals surface area contributed by atoms with Gasteiger partial charge in [-0.05, 0) is 30.2 Å². The summed E-state index contributed by atoms with van der Waals surface area (Å²) in [5.41, 5.74) is 3.91. The topological polar surface area (TPSA) is 125 Å². The van der Waals surface area contributed by atoms with Crippen molar-refractivity contribution < 1.29 is 13.6 Å². The van der Waals surface area contributed by atoms with Crippen molar-refractivity contribution in [3.05, 3.63) is 73.0 Å². The molecule has 5 aromatic heterocycles. The van der Waals surface area contributed by atoms with Crippen molar-refractivity contribution in [3.8, 4) is 33.9 Å². The fourth-order valence-electron chi connectivity index (χ4n) is 4.35. The number of benzene rings is 1. The minimum Gasteiger partial charge on any atom is -0.335 e. The van der Waals surface area contributed by atoms with Crippen LogP contribution in [0.15, 0.2) is 61.3 Å². The van der Waals surface area contributed by atoms with Gasteiger partial charge >= 0.3 is 0 Å². The Hall–Kier alpha value is -5.06. The Balaban J connectivity index is 1.44. The van der Waals surface area contributed by atoms with Crippen molar-refractivity contribution in [3.63, 3.8) is 0 Å². The van der Waals surface area contributed by atoms with Crippen molar-refractivity contribution in [1.82, 2.24) is 35.1 Å². The number of hydrogen-bond acceptors (Lipinski definition) is 6.